The minimum atomic E-state index is -0.450. The summed E-state index contributed by atoms with van der Waals surface area (Å²) in [6, 6.07) is 1.37. The van der Waals surface area contributed by atoms with E-state index in [9.17, 15) is 9.59 Å². The van der Waals surface area contributed by atoms with Crippen LogP contribution in [0.3, 0.4) is 0 Å². The zero-order chi connectivity index (χ0) is 13.8. The van der Waals surface area contributed by atoms with E-state index >= 15 is 0 Å². The summed E-state index contributed by atoms with van der Waals surface area (Å²) >= 11 is 0. The van der Waals surface area contributed by atoms with E-state index in [0.29, 0.717) is 24.6 Å². The Balaban J connectivity index is 1.97. The lowest BCUT2D eigenvalue weighted by Gasteiger charge is -2.14. The topological polar surface area (TPSA) is 86.9 Å². The number of nitrogens with zero attached hydrogens (tertiary/aromatic N) is 1. The molecule has 6 heteroatoms. The van der Waals surface area contributed by atoms with Crippen molar-refractivity contribution in [2.24, 2.45) is 0 Å². The molecule has 0 aliphatic carbocycles. The summed E-state index contributed by atoms with van der Waals surface area (Å²) in [6.07, 6.45) is 2.91. The second-order valence-electron chi connectivity index (χ2n) is 5.22. The standard InChI is InChI=1S/C13H20N4O2/c1-8(2)10-7-11(17-16-10)15-13(19)9-5-3-4-6-12(18)14-9/h7-9H,3-6H2,1-2H3,(H,14,18)(H2,15,16,17,19)/t9-/m0/s1. The molecule has 1 aromatic heterocycles. The summed E-state index contributed by atoms with van der Waals surface area (Å²) in [7, 11) is 0. The van der Waals surface area contributed by atoms with Gasteiger partial charge in [-0.2, -0.15) is 5.10 Å². The maximum absolute atomic E-state index is 12.1. The van der Waals surface area contributed by atoms with Crippen LogP contribution in [0.1, 0.15) is 51.1 Å². The van der Waals surface area contributed by atoms with Gasteiger partial charge < -0.3 is 10.6 Å². The Morgan fingerprint density at radius 3 is 2.95 bits per heavy atom. The van der Waals surface area contributed by atoms with Crippen molar-refractivity contribution in [1.82, 2.24) is 15.5 Å². The molecule has 1 aromatic rings. The molecule has 2 heterocycles. The van der Waals surface area contributed by atoms with Crippen molar-refractivity contribution in [3.63, 3.8) is 0 Å². The van der Waals surface area contributed by atoms with Crippen LogP contribution in [0.5, 0.6) is 0 Å². The number of aromatic nitrogens is 2. The highest BCUT2D eigenvalue weighted by molar-refractivity contribution is 5.96. The first kappa shape index (κ1) is 13.6. The van der Waals surface area contributed by atoms with Crippen molar-refractivity contribution < 1.29 is 9.59 Å². The van der Waals surface area contributed by atoms with Crippen LogP contribution in [0.2, 0.25) is 0 Å². The fourth-order valence-electron chi connectivity index (χ4n) is 2.08. The summed E-state index contributed by atoms with van der Waals surface area (Å²) in [5.41, 5.74) is 0.972. The number of nitrogens with one attached hydrogen (secondary N) is 3. The predicted octanol–water partition coefficient (Wildman–Crippen LogP) is 1.53. The van der Waals surface area contributed by atoms with E-state index in [1.807, 2.05) is 19.9 Å². The van der Waals surface area contributed by atoms with Crippen molar-refractivity contribution in [2.45, 2.75) is 51.5 Å². The minimum absolute atomic E-state index is 0.0532. The first-order chi connectivity index (χ1) is 9.06. The summed E-state index contributed by atoms with van der Waals surface area (Å²) < 4.78 is 0. The third-order valence-electron chi connectivity index (χ3n) is 3.27. The van der Waals surface area contributed by atoms with Crippen molar-refractivity contribution in [3.05, 3.63) is 11.8 Å². The van der Waals surface area contributed by atoms with Crippen molar-refractivity contribution in [3.8, 4) is 0 Å². The quantitative estimate of drug-likeness (QED) is 0.773. The molecule has 2 amide bonds. The summed E-state index contributed by atoms with van der Waals surface area (Å²) in [4.78, 5) is 23.5. The molecule has 0 bridgehead atoms. The van der Waals surface area contributed by atoms with Crippen LogP contribution in [0.4, 0.5) is 5.82 Å². The van der Waals surface area contributed by atoms with Gasteiger partial charge in [0, 0.05) is 18.2 Å². The number of hydrogen-bond donors (Lipinski definition) is 3. The highest BCUT2D eigenvalue weighted by atomic mass is 16.2. The molecular weight excluding hydrogens is 244 g/mol. The van der Waals surface area contributed by atoms with E-state index in [2.05, 4.69) is 20.8 Å². The first-order valence-electron chi connectivity index (χ1n) is 6.72. The van der Waals surface area contributed by atoms with Gasteiger partial charge in [0.1, 0.15) is 6.04 Å². The van der Waals surface area contributed by atoms with Crippen LogP contribution in [0, 0.1) is 0 Å². The molecule has 104 valence electrons. The molecule has 1 fully saturated rings. The van der Waals surface area contributed by atoms with E-state index in [4.69, 9.17) is 0 Å². The maximum atomic E-state index is 12.1. The smallest absolute Gasteiger partial charge is 0.248 e. The van der Waals surface area contributed by atoms with Crippen LogP contribution >= 0.6 is 0 Å². The number of rotatable bonds is 3. The first-order valence-corrected chi connectivity index (χ1v) is 6.72. The van der Waals surface area contributed by atoms with E-state index in [0.717, 1.165) is 18.5 Å². The van der Waals surface area contributed by atoms with E-state index in [1.54, 1.807) is 0 Å². The van der Waals surface area contributed by atoms with Crippen LogP contribution in [0.25, 0.3) is 0 Å². The molecular formula is C13H20N4O2. The predicted molar refractivity (Wildman–Crippen MR) is 71.7 cm³/mol. The van der Waals surface area contributed by atoms with Gasteiger partial charge in [-0.1, -0.05) is 20.3 Å². The number of anilines is 1. The number of carbonyl (C=O) groups excluding carboxylic acids is 2. The van der Waals surface area contributed by atoms with Gasteiger partial charge in [-0.15, -0.1) is 0 Å². The van der Waals surface area contributed by atoms with E-state index in [-0.39, 0.29) is 11.8 Å². The normalized spacial score (nSPS) is 19.9. The molecule has 1 aliphatic rings. The second kappa shape index (κ2) is 5.86. The van der Waals surface area contributed by atoms with Gasteiger partial charge >= 0.3 is 0 Å². The Kier molecular flexibility index (Phi) is 4.19. The number of carbonyl (C=O) groups is 2. The van der Waals surface area contributed by atoms with Gasteiger partial charge in [0.05, 0.1) is 0 Å². The maximum Gasteiger partial charge on any atom is 0.248 e. The highest BCUT2D eigenvalue weighted by Gasteiger charge is 2.23. The fraction of sp³-hybridized carbons (Fsp3) is 0.615. The van der Waals surface area contributed by atoms with Gasteiger partial charge in [0.2, 0.25) is 11.8 Å². The lowest BCUT2D eigenvalue weighted by Crippen LogP contribution is -2.42. The average Bonchev–Trinajstić information content (AvgIpc) is 2.71. The molecule has 3 N–H and O–H groups in total. The fourth-order valence-corrected chi connectivity index (χ4v) is 2.08. The van der Waals surface area contributed by atoms with Crippen molar-refractivity contribution in [1.29, 1.82) is 0 Å². The largest absolute Gasteiger partial charge is 0.344 e. The van der Waals surface area contributed by atoms with Gasteiger partial charge in [-0.05, 0) is 18.8 Å². The summed E-state index contributed by atoms with van der Waals surface area (Å²) in [6.45, 7) is 4.09. The lowest BCUT2D eigenvalue weighted by molar-refractivity contribution is -0.126. The molecule has 0 saturated carbocycles. The zero-order valence-electron chi connectivity index (χ0n) is 11.3. The Morgan fingerprint density at radius 1 is 1.47 bits per heavy atom. The Morgan fingerprint density at radius 2 is 2.26 bits per heavy atom. The molecule has 0 unspecified atom stereocenters. The summed E-state index contributed by atoms with van der Waals surface area (Å²) in [5.74, 6) is 0.586. The second-order valence-corrected chi connectivity index (χ2v) is 5.22. The Labute approximate surface area is 112 Å². The monoisotopic (exact) mass is 264 g/mol. The third-order valence-corrected chi connectivity index (χ3v) is 3.27. The highest BCUT2D eigenvalue weighted by Crippen LogP contribution is 2.16. The number of H-pyrrole nitrogens is 1. The molecule has 0 radical (unpaired) electrons. The van der Waals surface area contributed by atoms with Gasteiger partial charge in [0.15, 0.2) is 5.82 Å². The number of aromatic amines is 1. The van der Waals surface area contributed by atoms with Crippen LogP contribution < -0.4 is 10.6 Å². The number of amides is 2. The molecule has 0 spiro atoms. The molecule has 1 saturated heterocycles. The lowest BCUT2D eigenvalue weighted by atomic mass is 10.1. The third kappa shape index (κ3) is 3.56. The van der Waals surface area contributed by atoms with Gasteiger partial charge in [0.25, 0.3) is 0 Å². The minimum Gasteiger partial charge on any atom is -0.344 e. The Hall–Kier alpha value is -1.85. The zero-order valence-corrected chi connectivity index (χ0v) is 11.3. The van der Waals surface area contributed by atoms with Crippen LogP contribution in [0.15, 0.2) is 6.07 Å². The number of hydrogen-bond acceptors (Lipinski definition) is 3. The molecule has 2 rings (SSSR count). The molecule has 1 atom stereocenters. The van der Waals surface area contributed by atoms with Gasteiger partial charge in [-0.25, -0.2) is 0 Å². The molecule has 19 heavy (non-hydrogen) atoms. The van der Waals surface area contributed by atoms with Crippen molar-refractivity contribution in [2.75, 3.05) is 5.32 Å². The van der Waals surface area contributed by atoms with Crippen molar-refractivity contribution >= 4 is 17.6 Å². The molecule has 6 nitrogen and oxygen atoms in total. The van der Waals surface area contributed by atoms with E-state index < -0.39 is 6.04 Å². The molecule has 0 aromatic carbocycles. The summed E-state index contributed by atoms with van der Waals surface area (Å²) in [5, 5.41) is 12.4. The van der Waals surface area contributed by atoms with E-state index in [1.165, 1.54) is 0 Å². The van der Waals surface area contributed by atoms with Crippen LogP contribution in [-0.2, 0) is 9.59 Å². The SMILES string of the molecule is CC(C)c1cc(NC(=O)[C@@H]2CCCCC(=O)N2)n[nH]1. The van der Waals surface area contributed by atoms with Crippen LogP contribution in [-0.4, -0.2) is 28.1 Å². The van der Waals surface area contributed by atoms with Gasteiger partial charge in [-0.3, -0.25) is 14.7 Å². The molecule has 1 aliphatic heterocycles. The average molecular weight is 264 g/mol. The Bertz CT molecular complexity index is 467.